The normalized spacial score (nSPS) is 10.8. The van der Waals surface area contributed by atoms with Crippen molar-refractivity contribution < 1.29 is 0 Å². The molecule has 0 aliphatic carbocycles. The Kier molecular flexibility index (Phi) is 3.47. The minimum Gasteiger partial charge on any atom is -0.268 e. The average molecular weight is 292 g/mol. The number of nitrogens with zero attached hydrogens (tertiary/aromatic N) is 4. The van der Waals surface area contributed by atoms with E-state index in [0.29, 0.717) is 12.2 Å². The largest absolute Gasteiger partial charge is 0.268 e. The molecule has 0 atom stereocenters. The Morgan fingerprint density at radius 3 is 2.82 bits per heavy atom. The van der Waals surface area contributed by atoms with Gasteiger partial charge in [-0.25, -0.2) is 9.20 Å². The first-order valence-electron chi connectivity index (χ1n) is 6.94. The summed E-state index contributed by atoms with van der Waals surface area (Å²) < 4.78 is 3.18. The monoisotopic (exact) mass is 292 g/mol. The fourth-order valence-corrected chi connectivity index (χ4v) is 2.39. The molecule has 0 fully saturated rings. The molecule has 0 aliphatic heterocycles. The zero-order valence-corrected chi connectivity index (χ0v) is 12.4. The van der Waals surface area contributed by atoms with Crippen molar-refractivity contribution in [1.82, 2.24) is 19.4 Å². The van der Waals surface area contributed by atoms with Crippen LogP contribution in [-0.4, -0.2) is 19.4 Å². The minimum atomic E-state index is -0.156. The van der Waals surface area contributed by atoms with Crippen LogP contribution < -0.4 is 5.56 Å². The highest BCUT2D eigenvalue weighted by Crippen LogP contribution is 2.30. The van der Waals surface area contributed by atoms with Gasteiger partial charge in [0.25, 0.3) is 5.56 Å². The molecule has 0 aromatic carbocycles. The SMILES string of the molecule is C=CCn1nc(-c2c(C(=C)C)nn3ccccc23)ccc1=O. The highest BCUT2D eigenvalue weighted by Gasteiger charge is 2.16. The van der Waals surface area contributed by atoms with E-state index in [0.717, 1.165) is 22.3 Å². The third-order valence-corrected chi connectivity index (χ3v) is 3.37. The minimum absolute atomic E-state index is 0.156. The lowest BCUT2D eigenvalue weighted by molar-refractivity contribution is 0.656. The summed E-state index contributed by atoms with van der Waals surface area (Å²) in [6.45, 7) is 9.93. The average Bonchev–Trinajstić information content (AvgIpc) is 2.89. The van der Waals surface area contributed by atoms with Crippen LogP contribution >= 0.6 is 0 Å². The summed E-state index contributed by atoms with van der Waals surface area (Å²) >= 11 is 0. The summed E-state index contributed by atoms with van der Waals surface area (Å²) in [6, 6.07) is 9.07. The van der Waals surface area contributed by atoms with Gasteiger partial charge in [-0.2, -0.15) is 10.2 Å². The van der Waals surface area contributed by atoms with Crippen LogP contribution in [-0.2, 0) is 6.54 Å². The lowest BCUT2D eigenvalue weighted by Gasteiger charge is -2.06. The van der Waals surface area contributed by atoms with Crippen LogP contribution in [0.5, 0.6) is 0 Å². The van der Waals surface area contributed by atoms with Gasteiger partial charge < -0.3 is 0 Å². The molecule has 0 N–H and O–H groups in total. The first-order valence-corrected chi connectivity index (χ1v) is 6.94. The van der Waals surface area contributed by atoms with Gasteiger partial charge in [0.15, 0.2) is 0 Å². The standard InChI is InChI=1S/C17H16N4O/c1-4-10-21-15(22)9-8-13(18-21)16-14-7-5-6-11-20(14)19-17(16)12(2)3/h4-9,11H,1-2,10H2,3H3. The van der Waals surface area contributed by atoms with Crippen LogP contribution in [0, 0.1) is 0 Å². The Balaban J connectivity index is 2.31. The Bertz CT molecular complexity index is 933. The molecule has 0 bridgehead atoms. The summed E-state index contributed by atoms with van der Waals surface area (Å²) in [4.78, 5) is 11.8. The van der Waals surface area contributed by atoms with Gasteiger partial charge in [0, 0.05) is 12.3 Å². The van der Waals surface area contributed by atoms with E-state index in [2.05, 4.69) is 23.4 Å². The molecule has 3 rings (SSSR count). The molecule has 0 unspecified atom stereocenters. The van der Waals surface area contributed by atoms with E-state index >= 15 is 0 Å². The molecule has 3 aromatic rings. The first-order chi connectivity index (χ1) is 10.6. The molecule has 0 spiro atoms. The molecule has 5 heteroatoms. The van der Waals surface area contributed by atoms with Crippen LogP contribution in [0.15, 0.2) is 60.6 Å². The number of hydrogen-bond acceptors (Lipinski definition) is 3. The summed E-state index contributed by atoms with van der Waals surface area (Å²) in [5.41, 5.74) is 3.98. The third kappa shape index (κ3) is 2.26. The van der Waals surface area contributed by atoms with E-state index in [1.54, 1.807) is 16.7 Å². The molecule has 5 nitrogen and oxygen atoms in total. The van der Waals surface area contributed by atoms with Crippen LogP contribution in [0.3, 0.4) is 0 Å². The number of allylic oxidation sites excluding steroid dienone is 2. The molecular weight excluding hydrogens is 276 g/mol. The van der Waals surface area contributed by atoms with Gasteiger partial charge in [-0.05, 0) is 30.7 Å². The van der Waals surface area contributed by atoms with Gasteiger partial charge in [0.2, 0.25) is 0 Å². The molecule has 3 aromatic heterocycles. The second kappa shape index (κ2) is 5.44. The lowest BCUT2D eigenvalue weighted by atomic mass is 10.1. The van der Waals surface area contributed by atoms with Crippen molar-refractivity contribution >= 4 is 11.1 Å². The van der Waals surface area contributed by atoms with Gasteiger partial charge in [-0.15, -0.1) is 6.58 Å². The maximum Gasteiger partial charge on any atom is 0.267 e. The zero-order chi connectivity index (χ0) is 15.7. The van der Waals surface area contributed by atoms with Gasteiger partial charge in [-0.1, -0.05) is 18.7 Å². The lowest BCUT2D eigenvalue weighted by Crippen LogP contribution is -2.21. The smallest absolute Gasteiger partial charge is 0.267 e. The molecule has 0 amide bonds. The molecule has 22 heavy (non-hydrogen) atoms. The van der Waals surface area contributed by atoms with Crippen molar-refractivity contribution in [3.8, 4) is 11.3 Å². The topological polar surface area (TPSA) is 52.2 Å². The van der Waals surface area contributed by atoms with E-state index < -0.39 is 0 Å². The predicted molar refractivity (Wildman–Crippen MR) is 87.6 cm³/mol. The fraction of sp³-hybridized carbons (Fsp3) is 0.118. The van der Waals surface area contributed by atoms with E-state index in [4.69, 9.17) is 0 Å². The second-order valence-corrected chi connectivity index (χ2v) is 5.06. The quantitative estimate of drug-likeness (QED) is 0.695. The van der Waals surface area contributed by atoms with E-state index in [1.165, 1.54) is 10.7 Å². The number of aromatic nitrogens is 4. The Morgan fingerprint density at radius 1 is 1.27 bits per heavy atom. The van der Waals surface area contributed by atoms with Crippen LogP contribution in [0.2, 0.25) is 0 Å². The second-order valence-electron chi connectivity index (χ2n) is 5.06. The number of fused-ring (bicyclic) bond motifs is 1. The Morgan fingerprint density at radius 2 is 2.09 bits per heavy atom. The van der Waals surface area contributed by atoms with Crippen molar-refractivity contribution in [3.05, 3.63) is 71.8 Å². The Labute approximate surface area is 127 Å². The fourth-order valence-electron chi connectivity index (χ4n) is 2.39. The molecule has 0 saturated heterocycles. The maximum absolute atomic E-state index is 11.8. The predicted octanol–water partition coefficient (Wildman–Crippen LogP) is 2.78. The summed E-state index contributed by atoms with van der Waals surface area (Å²) in [5, 5.41) is 8.99. The highest BCUT2D eigenvalue weighted by molar-refractivity contribution is 5.87. The van der Waals surface area contributed by atoms with Crippen LogP contribution in [0.25, 0.3) is 22.3 Å². The van der Waals surface area contributed by atoms with E-state index in [-0.39, 0.29) is 5.56 Å². The number of pyridine rings is 1. The Hall–Kier alpha value is -2.95. The number of hydrogen-bond donors (Lipinski definition) is 0. The molecular formula is C17H16N4O. The summed E-state index contributed by atoms with van der Waals surface area (Å²) in [7, 11) is 0. The molecule has 0 radical (unpaired) electrons. The van der Waals surface area contributed by atoms with Crippen molar-refractivity contribution in [3.63, 3.8) is 0 Å². The summed E-state index contributed by atoms with van der Waals surface area (Å²) in [6.07, 6.45) is 3.53. The van der Waals surface area contributed by atoms with Gasteiger partial charge >= 0.3 is 0 Å². The molecule has 3 heterocycles. The first kappa shape index (κ1) is 14.0. The van der Waals surface area contributed by atoms with Crippen molar-refractivity contribution in [2.24, 2.45) is 0 Å². The highest BCUT2D eigenvalue weighted by atomic mass is 16.1. The maximum atomic E-state index is 11.8. The molecule has 110 valence electrons. The van der Waals surface area contributed by atoms with Gasteiger partial charge in [0.05, 0.1) is 29.0 Å². The van der Waals surface area contributed by atoms with Crippen molar-refractivity contribution in [1.29, 1.82) is 0 Å². The van der Waals surface area contributed by atoms with Gasteiger partial charge in [-0.3, -0.25) is 4.79 Å². The van der Waals surface area contributed by atoms with Crippen LogP contribution in [0.4, 0.5) is 0 Å². The number of rotatable bonds is 4. The van der Waals surface area contributed by atoms with Crippen LogP contribution in [0.1, 0.15) is 12.6 Å². The van der Waals surface area contributed by atoms with Crippen molar-refractivity contribution in [2.45, 2.75) is 13.5 Å². The molecule has 0 saturated carbocycles. The summed E-state index contributed by atoms with van der Waals surface area (Å²) in [5.74, 6) is 0. The third-order valence-electron chi connectivity index (χ3n) is 3.37. The molecule has 0 aliphatic rings. The van der Waals surface area contributed by atoms with E-state index in [9.17, 15) is 4.79 Å². The van der Waals surface area contributed by atoms with Crippen molar-refractivity contribution in [2.75, 3.05) is 0 Å². The zero-order valence-electron chi connectivity index (χ0n) is 12.4. The van der Waals surface area contributed by atoms with E-state index in [1.807, 2.05) is 31.3 Å². The van der Waals surface area contributed by atoms with Gasteiger partial charge in [0.1, 0.15) is 0 Å².